The number of anilines is 1. The highest BCUT2D eigenvalue weighted by Crippen LogP contribution is 2.31. The number of nitrogens with zero attached hydrogens (tertiary/aromatic N) is 5. The number of amides is 3. The van der Waals surface area contributed by atoms with E-state index in [9.17, 15) is 19.2 Å². The van der Waals surface area contributed by atoms with Crippen LogP contribution in [0.25, 0.3) is 0 Å². The summed E-state index contributed by atoms with van der Waals surface area (Å²) in [5.74, 6) is -0.274. The summed E-state index contributed by atoms with van der Waals surface area (Å²) in [5.41, 5.74) is 2.63. The summed E-state index contributed by atoms with van der Waals surface area (Å²) in [6.07, 6.45) is 5.70. The van der Waals surface area contributed by atoms with Gasteiger partial charge in [0, 0.05) is 36.3 Å². The molecule has 3 amide bonds. The lowest BCUT2D eigenvalue weighted by molar-refractivity contribution is -0.116. The maximum absolute atomic E-state index is 12.8. The Bertz CT molecular complexity index is 1040. The number of rotatable bonds is 15. The van der Waals surface area contributed by atoms with Crippen molar-refractivity contribution in [3.63, 3.8) is 0 Å². The third kappa shape index (κ3) is 6.95. The molecule has 0 saturated heterocycles. The van der Waals surface area contributed by atoms with E-state index in [4.69, 9.17) is 0 Å². The van der Waals surface area contributed by atoms with E-state index in [1.807, 2.05) is 14.0 Å². The fourth-order valence-corrected chi connectivity index (χ4v) is 4.11. The summed E-state index contributed by atoms with van der Waals surface area (Å²) in [5, 5.41) is 13.5. The molecule has 0 spiro atoms. The number of fused-ring (bicyclic) bond motifs is 1. The number of aldehydes is 1. The van der Waals surface area contributed by atoms with E-state index in [1.54, 1.807) is 34.0 Å². The Balaban J connectivity index is 1.44. The molecule has 0 aliphatic carbocycles. The minimum atomic E-state index is -0.448. The second-order valence-corrected chi connectivity index (χ2v) is 8.68. The van der Waals surface area contributed by atoms with Crippen molar-refractivity contribution in [2.45, 2.75) is 58.3 Å². The van der Waals surface area contributed by atoms with Crippen LogP contribution in [-0.4, -0.2) is 75.5 Å². The van der Waals surface area contributed by atoms with Gasteiger partial charge in [-0.3, -0.25) is 19.1 Å². The summed E-state index contributed by atoms with van der Waals surface area (Å²) in [6, 6.07) is 4.85. The highest BCUT2D eigenvalue weighted by atomic mass is 16.2. The molecule has 1 atom stereocenters. The molecule has 1 aromatic heterocycles. The molecule has 188 valence electrons. The van der Waals surface area contributed by atoms with Crippen molar-refractivity contribution in [3.8, 4) is 0 Å². The minimum absolute atomic E-state index is 0.109. The van der Waals surface area contributed by atoms with Gasteiger partial charge in [-0.15, -0.1) is 5.10 Å². The molecule has 11 heteroatoms. The van der Waals surface area contributed by atoms with Crippen LogP contribution in [0.2, 0.25) is 0 Å². The first-order chi connectivity index (χ1) is 17.0. The molecular weight excluding hydrogens is 450 g/mol. The molecule has 3 rings (SSSR count). The molecule has 0 saturated carbocycles. The van der Waals surface area contributed by atoms with E-state index >= 15 is 0 Å². The van der Waals surface area contributed by atoms with Crippen LogP contribution in [-0.2, 0) is 34.0 Å². The number of benzene rings is 1. The van der Waals surface area contributed by atoms with Crippen molar-refractivity contribution in [1.82, 2.24) is 30.1 Å². The van der Waals surface area contributed by atoms with Crippen molar-refractivity contribution < 1.29 is 19.2 Å². The first-order valence-electron chi connectivity index (χ1n) is 11.9. The Morgan fingerprint density at radius 1 is 1.29 bits per heavy atom. The number of aromatic nitrogens is 3. The van der Waals surface area contributed by atoms with Gasteiger partial charge >= 0.3 is 0 Å². The van der Waals surface area contributed by atoms with Gasteiger partial charge < -0.3 is 25.2 Å². The van der Waals surface area contributed by atoms with E-state index in [1.165, 1.54) is 0 Å². The van der Waals surface area contributed by atoms with Crippen molar-refractivity contribution in [3.05, 3.63) is 41.2 Å². The molecule has 1 aromatic carbocycles. The van der Waals surface area contributed by atoms with E-state index < -0.39 is 6.04 Å². The van der Waals surface area contributed by atoms with E-state index in [2.05, 4.69) is 25.8 Å². The second-order valence-electron chi connectivity index (χ2n) is 8.68. The Hall–Kier alpha value is -3.60. The second kappa shape index (κ2) is 12.7. The van der Waals surface area contributed by atoms with Crippen LogP contribution in [0.15, 0.2) is 24.4 Å². The van der Waals surface area contributed by atoms with Crippen LogP contribution in [0.3, 0.4) is 0 Å². The summed E-state index contributed by atoms with van der Waals surface area (Å²) < 4.78 is 1.72. The largest absolute Gasteiger partial charge is 0.353 e. The van der Waals surface area contributed by atoms with Gasteiger partial charge in [0.2, 0.25) is 12.3 Å². The fraction of sp³-hybridized carbons (Fsp3) is 0.500. The normalized spacial score (nSPS) is 13.6. The van der Waals surface area contributed by atoms with Gasteiger partial charge in [-0.1, -0.05) is 24.6 Å². The van der Waals surface area contributed by atoms with Crippen molar-refractivity contribution in [2.24, 2.45) is 0 Å². The molecule has 0 fully saturated rings. The molecule has 0 radical (unpaired) electrons. The summed E-state index contributed by atoms with van der Waals surface area (Å²) in [6.45, 7) is 4.78. The number of carbonyl (C=O) groups is 4. The predicted octanol–water partition coefficient (Wildman–Crippen LogP) is 1.20. The van der Waals surface area contributed by atoms with E-state index in [0.29, 0.717) is 62.3 Å². The van der Waals surface area contributed by atoms with Gasteiger partial charge in [0.05, 0.1) is 25.3 Å². The number of hydrogen-bond acceptors (Lipinski definition) is 7. The molecule has 1 aliphatic rings. The van der Waals surface area contributed by atoms with Crippen molar-refractivity contribution in [1.29, 1.82) is 0 Å². The maximum atomic E-state index is 12.8. The quantitative estimate of drug-likeness (QED) is 0.364. The average molecular weight is 484 g/mol. The van der Waals surface area contributed by atoms with Gasteiger partial charge in [-0.25, -0.2) is 0 Å². The highest BCUT2D eigenvalue weighted by Gasteiger charge is 2.33. The SMILES string of the molecule is CCCC(C=O)N1Cc2c(NC(=O)CCCN(C)CCn3cc(CNC=O)nn3)cccc2C1=O. The number of nitrogens with one attached hydrogen (secondary N) is 2. The fourth-order valence-electron chi connectivity index (χ4n) is 4.11. The third-order valence-electron chi connectivity index (χ3n) is 6.02. The van der Waals surface area contributed by atoms with Gasteiger partial charge in [-0.05, 0) is 38.6 Å². The Morgan fingerprint density at radius 2 is 2.11 bits per heavy atom. The number of likely N-dealkylation sites (N-methyl/N-ethyl adjacent to an activating group) is 1. The molecule has 2 N–H and O–H groups in total. The number of carbonyl (C=O) groups excluding carboxylic acids is 4. The van der Waals surface area contributed by atoms with E-state index in [0.717, 1.165) is 31.4 Å². The summed E-state index contributed by atoms with van der Waals surface area (Å²) >= 11 is 0. The monoisotopic (exact) mass is 483 g/mol. The lowest BCUT2D eigenvalue weighted by Crippen LogP contribution is -2.36. The van der Waals surface area contributed by atoms with Crippen LogP contribution < -0.4 is 10.6 Å². The van der Waals surface area contributed by atoms with Crippen molar-refractivity contribution >= 4 is 30.2 Å². The molecule has 2 heterocycles. The first-order valence-corrected chi connectivity index (χ1v) is 11.9. The molecular formula is C24H33N7O4. The molecule has 0 bridgehead atoms. The third-order valence-corrected chi connectivity index (χ3v) is 6.02. The molecule has 1 aliphatic heterocycles. The van der Waals surface area contributed by atoms with Crippen molar-refractivity contribution in [2.75, 3.05) is 25.5 Å². The average Bonchev–Trinajstić information content (AvgIpc) is 3.45. The molecule has 11 nitrogen and oxygen atoms in total. The topological polar surface area (TPSA) is 130 Å². The standard InChI is InChI=1S/C24H33N7O4/c1-3-6-19(16-32)31-15-21-20(24(31)35)7-4-8-22(21)26-23(34)9-5-10-29(2)11-12-30-14-18(27-28-30)13-25-17-33/h4,7-8,14,16-17,19H,3,5-6,9-13,15H2,1-2H3,(H,25,33)(H,26,34). The van der Waals surface area contributed by atoms with Crippen LogP contribution >= 0.6 is 0 Å². The Morgan fingerprint density at radius 3 is 2.86 bits per heavy atom. The van der Waals surface area contributed by atoms with Gasteiger partial charge in [0.1, 0.15) is 12.0 Å². The lowest BCUT2D eigenvalue weighted by atomic mass is 10.1. The lowest BCUT2D eigenvalue weighted by Gasteiger charge is -2.22. The molecule has 35 heavy (non-hydrogen) atoms. The maximum Gasteiger partial charge on any atom is 0.255 e. The summed E-state index contributed by atoms with van der Waals surface area (Å²) in [7, 11) is 1.98. The highest BCUT2D eigenvalue weighted by molar-refractivity contribution is 6.03. The smallest absolute Gasteiger partial charge is 0.255 e. The summed E-state index contributed by atoms with van der Waals surface area (Å²) in [4.78, 5) is 50.9. The number of hydrogen-bond donors (Lipinski definition) is 2. The minimum Gasteiger partial charge on any atom is -0.353 e. The molecule has 1 unspecified atom stereocenters. The van der Waals surface area contributed by atoms with Crippen LogP contribution in [0.4, 0.5) is 5.69 Å². The van der Waals surface area contributed by atoms with Gasteiger partial charge in [0.25, 0.3) is 5.91 Å². The predicted molar refractivity (Wildman–Crippen MR) is 129 cm³/mol. The van der Waals surface area contributed by atoms with Crippen LogP contribution in [0.5, 0.6) is 0 Å². The van der Waals surface area contributed by atoms with Gasteiger partial charge in [0.15, 0.2) is 0 Å². The Kier molecular flexibility index (Phi) is 9.47. The zero-order valence-electron chi connectivity index (χ0n) is 20.3. The molecule has 2 aromatic rings. The Labute approximate surface area is 204 Å². The van der Waals surface area contributed by atoms with Crippen LogP contribution in [0, 0.1) is 0 Å². The van der Waals surface area contributed by atoms with Gasteiger partial charge in [-0.2, -0.15) is 0 Å². The van der Waals surface area contributed by atoms with E-state index in [-0.39, 0.29) is 11.8 Å². The van der Waals surface area contributed by atoms with Crippen LogP contribution in [0.1, 0.15) is 54.2 Å². The first kappa shape index (κ1) is 26.0. The zero-order chi connectivity index (χ0) is 25.2. The zero-order valence-corrected chi connectivity index (χ0v) is 20.3.